The lowest BCUT2D eigenvalue weighted by Gasteiger charge is -2.11. The Kier molecular flexibility index (Phi) is 8.13. The first-order valence-corrected chi connectivity index (χ1v) is 20.6. The van der Waals surface area contributed by atoms with E-state index in [1.54, 1.807) is 0 Å². The fraction of sp³-hybridized carbons (Fsp3) is 0. The first kappa shape index (κ1) is 34.8. The molecule has 0 aliphatic rings. The Hall–Kier alpha value is -8.21. The maximum atomic E-state index is 6.77. The number of aromatic nitrogens is 3. The van der Waals surface area contributed by atoms with Crippen LogP contribution in [-0.2, 0) is 0 Å². The predicted octanol–water partition coefficient (Wildman–Crippen LogP) is 15.2. The van der Waals surface area contributed by atoms with Crippen LogP contribution in [0, 0.1) is 0 Å². The molecule has 0 N–H and O–H groups in total. The average molecular weight is 778 g/mol. The van der Waals surface area contributed by atoms with Crippen LogP contribution in [0.25, 0.3) is 122 Å². The third-order valence-corrected chi connectivity index (χ3v) is 11.9. The highest BCUT2D eigenvalue weighted by atomic mass is 16.3. The minimum Gasteiger partial charge on any atom is -0.455 e. The van der Waals surface area contributed by atoms with Gasteiger partial charge in [-0.3, -0.25) is 0 Å². The highest BCUT2D eigenvalue weighted by Crippen LogP contribution is 2.41. The van der Waals surface area contributed by atoms with Gasteiger partial charge in [-0.1, -0.05) is 200 Å². The molecular formula is C57H35N3O. The van der Waals surface area contributed by atoms with Gasteiger partial charge in [-0.05, 0) is 72.3 Å². The van der Waals surface area contributed by atoms with E-state index in [2.05, 4.69) is 194 Å². The Bertz CT molecular complexity index is 3620. The SMILES string of the molecule is c1ccc(-c2ccc(-c3nc(-c4ccc5c(ccc6ccccc65)c4)nc(-c4cccc5oc6c(-c7ccc(-c8cccc9ccccc89)cc7)cccc6c45)n3)cc2)cc1. The molecule has 12 aromatic rings. The normalized spacial score (nSPS) is 11.6. The van der Waals surface area contributed by atoms with E-state index in [1.807, 2.05) is 18.2 Å². The minimum atomic E-state index is 0.587. The van der Waals surface area contributed by atoms with Crippen molar-refractivity contribution in [2.24, 2.45) is 0 Å². The molecule has 4 nitrogen and oxygen atoms in total. The number of furan rings is 1. The molecule has 61 heavy (non-hydrogen) atoms. The van der Waals surface area contributed by atoms with Crippen molar-refractivity contribution < 1.29 is 4.42 Å². The Morgan fingerprint density at radius 3 is 1.61 bits per heavy atom. The first-order chi connectivity index (χ1) is 30.2. The molecule has 0 amide bonds. The van der Waals surface area contributed by atoms with Gasteiger partial charge in [0.15, 0.2) is 17.5 Å². The lowest BCUT2D eigenvalue weighted by molar-refractivity contribution is 0.670. The largest absolute Gasteiger partial charge is 0.455 e. The molecule has 0 aliphatic heterocycles. The molecule has 0 radical (unpaired) electrons. The zero-order chi connectivity index (χ0) is 40.3. The van der Waals surface area contributed by atoms with Crippen molar-refractivity contribution in [2.75, 3.05) is 0 Å². The van der Waals surface area contributed by atoms with E-state index < -0.39 is 0 Å². The summed E-state index contributed by atoms with van der Waals surface area (Å²) >= 11 is 0. The van der Waals surface area contributed by atoms with Crippen LogP contribution in [0.2, 0.25) is 0 Å². The Morgan fingerprint density at radius 2 is 0.787 bits per heavy atom. The molecule has 2 heterocycles. The summed E-state index contributed by atoms with van der Waals surface area (Å²) in [6, 6.07) is 74.6. The monoisotopic (exact) mass is 777 g/mol. The third kappa shape index (κ3) is 6.04. The molecular weight excluding hydrogens is 743 g/mol. The fourth-order valence-electron chi connectivity index (χ4n) is 8.92. The number of hydrogen-bond acceptors (Lipinski definition) is 4. The van der Waals surface area contributed by atoms with Crippen molar-refractivity contribution in [3.8, 4) is 67.5 Å². The molecule has 12 rings (SSSR count). The molecule has 0 saturated heterocycles. The number of rotatable bonds is 6. The van der Waals surface area contributed by atoms with Crippen molar-refractivity contribution in [3.63, 3.8) is 0 Å². The summed E-state index contributed by atoms with van der Waals surface area (Å²) in [6.07, 6.45) is 0. The highest BCUT2D eigenvalue weighted by molar-refractivity contribution is 6.15. The quantitative estimate of drug-likeness (QED) is 0.158. The fourth-order valence-corrected chi connectivity index (χ4v) is 8.92. The van der Waals surface area contributed by atoms with Crippen LogP contribution in [0.3, 0.4) is 0 Å². The Balaban J connectivity index is 0.999. The molecule has 0 aliphatic carbocycles. The Labute approximate surface area is 352 Å². The number of benzene rings is 10. The smallest absolute Gasteiger partial charge is 0.164 e. The van der Waals surface area contributed by atoms with Gasteiger partial charge in [0.25, 0.3) is 0 Å². The van der Waals surface area contributed by atoms with Gasteiger partial charge in [0, 0.05) is 33.0 Å². The lowest BCUT2D eigenvalue weighted by atomic mass is 9.95. The van der Waals surface area contributed by atoms with Crippen LogP contribution in [0.1, 0.15) is 0 Å². The topological polar surface area (TPSA) is 51.8 Å². The van der Waals surface area contributed by atoms with Gasteiger partial charge in [0.1, 0.15) is 11.2 Å². The van der Waals surface area contributed by atoms with Gasteiger partial charge < -0.3 is 4.42 Å². The second-order valence-electron chi connectivity index (χ2n) is 15.5. The molecule has 0 fully saturated rings. The molecule has 0 unspecified atom stereocenters. The van der Waals surface area contributed by atoms with E-state index in [9.17, 15) is 0 Å². The van der Waals surface area contributed by atoms with Crippen molar-refractivity contribution >= 4 is 54.3 Å². The highest BCUT2D eigenvalue weighted by Gasteiger charge is 2.20. The Morgan fingerprint density at radius 1 is 0.279 bits per heavy atom. The van der Waals surface area contributed by atoms with Gasteiger partial charge in [0.05, 0.1) is 0 Å². The summed E-state index contributed by atoms with van der Waals surface area (Å²) in [5.74, 6) is 1.80. The first-order valence-electron chi connectivity index (χ1n) is 20.6. The van der Waals surface area contributed by atoms with Crippen molar-refractivity contribution in [3.05, 3.63) is 212 Å². The second kappa shape index (κ2) is 14.3. The molecule has 0 atom stereocenters. The van der Waals surface area contributed by atoms with Gasteiger partial charge in [-0.25, -0.2) is 15.0 Å². The standard InChI is InChI=1S/C57H35N3O/c1-2-11-36(12-3-1)37-23-30-42(31-24-37)55-58-56(44-33-34-48-43(35-44)32-29-39-14-5-7-17-46(39)48)60-57(59-55)51-21-10-22-52-53(51)50-20-9-19-49(54(50)61-52)41-27-25-40(26-28-41)47-18-8-15-38-13-4-6-16-45(38)47/h1-35H. The molecule has 0 bridgehead atoms. The van der Waals surface area contributed by atoms with Crippen LogP contribution in [-0.4, -0.2) is 15.0 Å². The van der Waals surface area contributed by atoms with E-state index in [-0.39, 0.29) is 0 Å². The molecule has 0 saturated carbocycles. The van der Waals surface area contributed by atoms with E-state index in [1.165, 1.54) is 38.1 Å². The van der Waals surface area contributed by atoms with Gasteiger partial charge in [-0.2, -0.15) is 0 Å². The van der Waals surface area contributed by atoms with Crippen LogP contribution in [0.5, 0.6) is 0 Å². The number of nitrogens with zero attached hydrogens (tertiary/aromatic N) is 3. The lowest BCUT2D eigenvalue weighted by Crippen LogP contribution is -2.00. The number of fused-ring (bicyclic) bond motifs is 7. The van der Waals surface area contributed by atoms with E-state index in [0.29, 0.717) is 17.5 Å². The summed E-state index contributed by atoms with van der Waals surface area (Å²) in [7, 11) is 0. The maximum absolute atomic E-state index is 6.77. The van der Waals surface area contributed by atoms with Crippen LogP contribution in [0.4, 0.5) is 0 Å². The summed E-state index contributed by atoms with van der Waals surface area (Å²) < 4.78 is 6.77. The molecule has 10 aromatic carbocycles. The molecule has 2 aromatic heterocycles. The maximum Gasteiger partial charge on any atom is 0.164 e. The minimum absolute atomic E-state index is 0.587. The van der Waals surface area contributed by atoms with E-state index >= 15 is 0 Å². The zero-order valence-electron chi connectivity index (χ0n) is 33.0. The average Bonchev–Trinajstić information content (AvgIpc) is 3.73. The van der Waals surface area contributed by atoms with Gasteiger partial charge in [0.2, 0.25) is 0 Å². The van der Waals surface area contributed by atoms with Gasteiger partial charge >= 0.3 is 0 Å². The second-order valence-corrected chi connectivity index (χ2v) is 15.5. The molecule has 0 spiro atoms. The van der Waals surface area contributed by atoms with Crippen molar-refractivity contribution in [1.82, 2.24) is 15.0 Å². The van der Waals surface area contributed by atoms with Crippen LogP contribution < -0.4 is 0 Å². The zero-order valence-corrected chi connectivity index (χ0v) is 33.0. The van der Waals surface area contributed by atoms with Gasteiger partial charge in [-0.15, -0.1) is 0 Å². The summed E-state index contributed by atoms with van der Waals surface area (Å²) in [6.45, 7) is 0. The third-order valence-electron chi connectivity index (χ3n) is 11.9. The van der Waals surface area contributed by atoms with Crippen LogP contribution in [0.15, 0.2) is 217 Å². The van der Waals surface area contributed by atoms with E-state index in [0.717, 1.165) is 66.3 Å². The summed E-state index contributed by atoms with van der Waals surface area (Å²) in [5.41, 5.74) is 11.1. The molecule has 284 valence electrons. The summed E-state index contributed by atoms with van der Waals surface area (Å²) in [4.78, 5) is 15.6. The summed E-state index contributed by atoms with van der Waals surface area (Å²) in [5, 5.41) is 9.22. The van der Waals surface area contributed by atoms with Crippen molar-refractivity contribution in [1.29, 1.82) is 0 Å². The molecule has 4 heteroatoms. The van der Waals surface area contributed by atoms with Crippen LogP contribution >= 0.6 is 0 Å². The predicted molar refractivity (Wildman–Crippen MR) is 252 cm³/mol. The van der Waals surface area contributed by atoms with E-state index in [4.69, 9.17) is 19.4 Å². The number of hydrogen-bond donors (Lipinski definition) is 0. The number of para-hydroxylation sites is 1. The van der Waals surface area contributed by atoms with Crippen molar-refractivity contribution in [2.45, 2.75) is 0 Å².